The molecule has 0 fully saturated rings. The number of carboxylic acid groups (broad SMARTS) is 3. The monoisotopic (exact) mass is 790 g/mol. The Morgan fingerprint density at radius 3 is 0.933 bits per heavy atom. The molecule has 5 heterocycles. The van der Waals surface area contributed by atoms with Crippen molar-refractivity contribution in [3.8, 4) is 50.3 Å². The van der Waals surface area contributed by atoms with Crippen molar-refractivity contribution in [3.63, 3.8) is 0 Å². The fraction of sp³-hybridized carbons (Fsp3) is 0. The third-order valence-electron chi connectivity index (χ3n) is 10.3. The van der Waals surface area contributed by atoms with Gasteiger partial charge in [-0.15, -0.1) is 0 Å². The quantitative estimate of drug-likeness (QED) is 0.0878. The van der Waals surface area contributed by atoms with E-state index in [4.69, 9.17) is 14.7 Å². The van der Waals surface area contributed by atoms with Crippen LogP contribution in [0, 0.1) is 0 Å². The van der Waals surface area contributed by atoms with E-state index < -0.39 is 17.9 Å². The van der Waals surface area contributed by atoms with Crippen LogP contribution in [0.4, 0.5) is 0 Å². The van der Waals surface area contributed by atoms with Crippen molar-refractivity contribution in [2.75, 3.05) is 0 Å². The predicted octanol–water partition coefficient (Wildman–Crippen LogP) is 9.95. The summed E-state index contributed by atoms with van der Waals surface area (Å²) in [5.74, 6) is -2.80. The van der Waals surface area contributed by atoms with Gasteiger partial charge in [0.1, 0.15) is 5.75 Å². The summed E-state index contributed by atoms with van der Waals surface area (Å²) in [6, 6.07) is 34.3. The van der Waals surface area contributed by atoms with Crippen LogP contribution in [0.2, 0.25) is 0 Å². The zero-order chi connectivity index (χ0) is 41.5. The van der Waals surface area contributed by atoms with Crippen molar-refractivity contribution >= 4 is 70.8 Å². The molecule has 12 nitrogen and oxygen atoms in total. The second kappa shape index (κ2) is 15.0. The van der Waals surface area contributed by atoms with E-state index in [2.05, 4.69) is 9.97 Å². The van der Waals surface area contributed by atoms with Crippen molar-refractivity contribution in [2.45, 2.75) is 0 Å². The molecule has 8 bridgehead atoms. The second-order valence-electron chi connectivity index (χ2n) is 13.9. The Balaban J connectivity index is 1.43. The van der Waals surface area contributed by atoms with Crippen molar-refractivity contribution < 1.29 is 39.2 Å². The standard InChI is InChI=1S/C48H30N4O8/c53-25-60-33-15-13-29(14-16-33)45-40-23-21-38(51-40)43(27-3-9-31(10-4-27)47(56)57)36-19-17-34(49-36)42(26-1-7-30(8-2-26)46(54)55)35-18-20-37(50-35)44(39-22-24-41(45)52-39)28-5-11-32(12-6-28)48(58)59/h1-25,49,52H,(H,54,55)(H,56,57)(H,58,59). The van der Waals surface area contributed by atoms with Crippen LogP contribution >= 0.6 is 0 Å². The molecule has 0 amide bonds. The van der Waals surface area contributed by atoms with Gasteiger partial charge in [-0.3, -0.25) is 4.79 Å². The number of fused-ring (bicyclic) bond motifs is 8. The Morgan fingerprint density at radius 1 is 0.417 bits per heavy atom. The van der Waals surface area contributed by atoms with E-state index in [0.717, 1.165) is 11.1 Å². The SMILES string of the molecule is O=COc1ccc(-c2c3nc(c(-c4ccc(C(=O)O)cc4)c4ccc([nH]4)c(-c4ccc(C(=O)O)cc4)c4nc(c(-c5ccc(C(=O)O)cc5)c5ccc2[nH]5)C=C4)C=C3)cc1. The maximum Gasteiger partial charge on any atom is 0.335 e. The van der Waals surface area contributed by atoms with Crippen LogP contribution in [0.15, 0.2) is 121 Å². The Hall–Kier alpha value is -8.64. The molecule has 12 heteroatoms. The van der Waals surface area contributed by atoms with Crippen LogP contribution in [0.3, 0.4) is 0 Å². The molecule has 60 heavy (non-hydrogen) atoms. The van der Waals surface area contributed by atoms with Crippen molar-refractivity contribution in [1.82, 2.24) is 19.9 Å². The summed E-state index contributed by atoms with van der Waals surface area (Å²) in [6.07, 6.45) is 7.55. The number of rotatable bonds is 9. The highest BCUT2D eigenvalue weighted by molar-refractivity contribution is 6.01. The number of aromatic carboxylic acids is 3. The summed E-state index contributed by atoms with van der Waals surface area (Å²) >= 11 is 0. The minimum absolute atomic E-state index is 0.124. The van der Waals surface area contributed by atoms with Crippen molar-refractivity contribution in [1.29, 1.82) is 0 Å². The number of H-pyrrole nitrogens is 2. The Bertz CT molecular complexity index is 3090. The normalized spacial score (nSPS) is 11.7. The fourth-order valence-electron chi connectivity index (χ4n) is 7.51. The number of hydrogen-bond acceptors (Lipinski definition) is 7. The molecule has 4 aromatic carbocycles. The van der Waals surface area contributed by atoms with Gasteiger partial charge in [0.25, 0.3) is 6.47 Å². The minimum Gasteiger partial charge on any atom is -0.478 e. The lowest BCUT2D eigenvalue weighted by Gasteiger charge is -2.08. The number of nitrogens with zero attached hydrogens (tertiary/aromatic N) is 2. The fourth-order valence-corrected chi connectivity index (χ4v) is 7.51. The lowest BCUT2D eigenvalue weighted by Crippen LogP contribution is -1.96. The summed E-state index contributed by atoms with van der Waals surface area (Å²) < 4.78 is 5.09. The molecule has 0 unspecified atom stereocenters. The molecule has 5 N–H and O–H groups in total. The zero-order valence-electron chi connectivity index (χ0n) is 31.2. The van der Waals surface area contributed by atoms with Crippen LogP contribution in [-0.4, -0.2) is 59.6 Å². The zero-order valence-corrected chi connectivity index (χ0v) is 31.2. The molecule has 0 saturated heterocycles. The van der Waals surface area contributed by atoms with E-state index in [1.165, 1.54) is 12.1 Å². The molecule has 0 atom stereocenters. The van der Waals surface area contributed by atoms with E-state index in [1.54, 1.807) is 72.8 Å². The van der Waals surface area contributed by atoms with Gasteiger partial charge in [0, 0.05) is 44.3 Å². The third kappa shape index (κ3) is 6.79. The van der Waals surface area contributed by atoms with Gasteiger partial charge in [0.05, 0.1) is 39.5 Å². The van der Waals surface area contributed by atoms with Crippen molar-refractivity contribution in [3.05, 3.63) is 161 Å². The lowest BCUT2D eigenvalue weighted by atomic mass is 10.0. The topological polar surface area (TPSA) is 196 Å². The molecule has 2 aliphatic rings. The number of carbonyl (C=O) groups is 4. The van der Waals surface area contributed by atoms with E-state index in [0.29, 0.717) is 90.4 Å². The van der Waals surface area contributed by atoms with Gasteiger partial charge in [-0.2, -0.15) is 0 Å². The molecule has 0 radical (unpaired) electrons. The smallest absolute Gasteiger partial charge is 0.335 e. The van der Waals surface area contributed by atoms with E-state index in [-0.39, 0.29) is 16.7 Å². The molecule has 0 saturated carbocycles. The van der Waals surface area contributed by atoms with Gasteiger partial charge in [-0.05, 0) is 119 Å². The summed E-state index contributed by atoms with van der Waals surface area (Å²) in [5, 5.41) is 29.1. The molecule has 290 valence electrons. The highest BCUT2D eigenvalue weighted by atomic mass is 16.5. The van der Waals surface area contributed by atoms with Gasteiger partial charge in [-0.1, -0.05) is 48.5 Å². The van der Waals surface area contributed by atoms with Gasteiger partial charge in [0.2, 0.25) is 0 Å². The third-order valence-corrected chi connectivity index (χ3v) is 10.3. The number of aromatic amines is 2. The van der Waals surface area contributed by atoms with Gasteiger partial charge in [-0.25, -0.2) is 24.4 Å². The summed E-state index contributed by atoms with van der Waals surface area (Å²) in [7, 11) is 0. The number of benzene rings is 4. The maximum atomic E-state index is 11.8. The van der Waals surface area contributed by atoms with Gasteiger partial charge < -0.3 is 30.0 Å². The van der Waals surface area contributed by atoms with Crippen LogP contribution < -0.4 is 4.74 Å². The first-order valence-corrected chi connectivity index (χ1v) is 18.5. The molecule has 0 aliphatic carbocycles. The van der Waals surface area contributed by atoms with Crippen LogP contribution in [-0.2, 0) is 4.79 Å². The maximum absolute atomic E-state index is 11.8. The molecular formula is C48H30N4O8. The molecule has 0 spiro atoms. The first-order chi connectivity index (χ1) is 29.1. The highest BCUT2D eigenvalue weighted by Gasteiger charge is 2.20. The number of ether oxygens (including phenoxy) is 1. The summed E-state index contributed by atoms with van der Waals surface area (Å²) in [4.78, 5) is 64.2. The highest BCUT2D eigenvalue weighted by Crippen LogP contribution is 2.39. The van der Waals surface area contributed by atoms with E-state index >= 15 is 0 Å². The van der Waals surface area contributed by atoms with E-state index in [1.807, 2.05) is 60.7 Å². The molecule has 2 aliphatic heterocycles. The van der Waals surface area contributed by atoms with Crippen LogP contribution in [0.25, 0.3) is 90.9 Å². The number of aromatic nitrogens is 4. The Labute approximate surface area is 340 Å². The summed E-state index contributed by atoms with van der Waals surface area (Å²) in [6.45, 7) is 0.363. The minimum atomic E-state index is -1.06. The molecular weight excluding hydrogens is 761 g/mol. The first kappa shape index (κ1) is 37.0. The molecule has 7 aromatic rings. The molecule has 9 rings (SSSR count). The van der Waals surface area contributed by atoms with Crippen LogP contribution in [0.5, 0.6) is 5.75 Å². The average Bonchev–Trinajstić information content (AvgIpc) is 4.10. The Morgan fingerprint density at radius 2 is 0.683 bits per heavy atom. The summed E-state index contributed by atoms with van der Waals surface area (Å²) in [5.41, 5.74) is 11.1. The number of carboxylic acids is 3. The Kier molecular flexibility index (Phi) is 9.26. The van der Waals surface area contributed by atoms with Gasteiger partial charge in [0.15, 0.2) is 0 Å². The first-order valence-electron chi connectivity index (χ1n) is 18.5. The number of hydrogen-bond donors (Lipinski definition) is 5. The van der Waals surface area contributed by atoms with Crippen LogP contribution in [0.1, 0.15) is 53.8 Å². The number of carbonyl (C=O) groups excluding carboxylic acids is 1. The number of nitrogens with one attached hydrogen (secondary N) is 2. The largest absolute Gasteiger partial charge is 0.478 e. The van der Waals surface area contributed by atoms with Crippen molar-refractivity contribution in [2.24, 2.45) is 0 Å². The predicted molar refractivity (Wildman–Crippen MR) is 228 cm³/mol. The van der Waals surface area contributed by atoms with Gasteiger partial charge >= 0.3 is 17.9 Å². The van der Waals surface area contributed by atoms with E-state index in [9.17, 15) is 34.5 Å². The lowest BCUT2D eigenvalue weighted by molar-refractivity contribution is -0.120. The molecule has 3 aromatic heterocycles. The average molecular weight is 791 g/mol. The second-order valence-corrected chi connectivity index (χ2v) is 13.9.